The SMILES string of the molecule is [CH2]COC(=O)CCC. The van der Waals surface area contributed by atoms with Crippen LogP contribution < -0.4 is 0 Å². The van der Waals surface area contributed by atoms with Crippen LogP contribution in [0.1, 0.15) is 19.8 Å². The molecule has 2 nitrogen and oxygen atoms in total. The highest BCUT2D eigenvalue weighted by Crippen LogP contribution is 1.88. The molecular weight excluding hydrogens is 104 g/mol. The van der Waals surface area contributed by atoms with E-state index in [4.69, 9.17) is 0 Å². The van der Waals surface area contributed by atoms with E-state index >= 15 is 0 Å². The highest BCUT2D eigenvalue weighted by molar-refractivity contribution is 5.69. The largest absolute Gasteiger partial charge is 0.466 e. The maximum atomic E-state index is 10.4. The van der Waals surface area contributed by atoms with Gasteiger partial charge in [-0.15, -0.1) is 0 Å². The first-order valence-corrected chi connectivity index (χ1v) is 2.76. The summed E-state index contributed by atoms with van der Waals surface area (Å²) in [6, 6.07) is 0. The predicted molar refractivity (Wildman–Crippen MR) is 31.2 cm³/mol. The summed E-state index contributed by atoms with van der Waals surface area (Å²) in [5.41, 5.74) is 0. The molecule has 8 heavy (non-hydrogen) atoms. The maximum absolute atomic E-state index is 10.4. The van der Waals surface area contributed by atoms with Crippen molar-refractivity contribution in [2.75, 3.05) is 6.61 Å². The molecule has 0 N–H and O–H groups in total. The number of hydrogen-bond acceptors (Lipinski definition) is 2. The van der Waals surface area contributed by atoms with Gasteiger partial charge in [-0.05, 0) is 13.3 Å². The first kappa shape index (κ1) is 7.47. The molecule has 0 aliphatic heterocycles. The Kier molecular flexibility index (Phi) is 4.32. The average molecular weight is 115 g/mol. The van der Waals surface area contributed by atoms with Gasteiger partial charge >= 0.3 is 5.97 Å². The molecule has 0 fully saturated rings. The molecule has 0 rings (SSSR count). The normalized spacial score (nSPS) is 8.75. The van der Waals surface area contributed by atoms with Crippen LogP contribution in [0.5, 0.6) is 0 Å². The lowest BCUT2D eigenvalue weighted by molar-refractivity contribution is -0.142. The van der Waals surface area contributed by atoms with Crippen LogP contribution in [0.4, 0.5) is 0 Å². The lowest BCUT2D eigenvalue weighted by Crippen LogP contribution is -2.02. The zero-order chi connectivity index (χ0) is 6.41. The van der Waals surface area contributed by atoms with Gasteiger partial charge in [0, 0.05) is 6.42 Å². The second-order valence-corrected chi connectivity index (χ2v) is 1.47. The second-order valence-electron chi connectivity index (χ2n) is 1.47. The molecule has 0 spiro atoms. The van der Waals surface area contributed by atoms with Crippen LogP contribution in [0.25, 0.3) is 0 Å². The number of hydrogen-bond donors (Lipinski definition) is 0. The Labute approximate surface area is 49.8 Å². The minimum Gasteiger partial charge on any atom is -0.466 e. The van der Waals surface area contributed by atoms with Crippen LogP contribution in [-0.4, -0.2) is 12.6 Å². The van der Waals surface area contributed by atoms with Gasteiger partial charge in [0.25, 0.3) is 0 Å². The lowest BCUT2D eigenvalue weighted by Gasteiger charge is -1.96. The van der Waals surface area contributed by atoms with Gasteiger partial charge in [-0.25, -0.2) is 0 Å². The molecule has 0 aromatic carbocycles. The third kappa shape index (κ3) is 3.65. The van der Waals surface area contributed by atoms with Gasteiger partial charge in [0.2, 0.25) is 0 Å². The number of rotatable bonds is 3. The zero-order valence-electron chi connectivity index (χ0n) is 5.14. The molecule has 0 saturated carbocycles. The Morgan fingerprint density at radius 2 is 2.38 bits per heavy atom. The van der Waals surface area contributed by atoms with Gasteiger partial charge in [0.1, 0.15) is 0 Å². The smallest absolute Gasteiger partial charge is 0.305 e. The second kappa shape index (κ2) is 4.62. The summed E-state index contributed by atoms with van der Waals surface area (Å²) in [6.07, 6.45) is 1.36. The van der Waals surface area contributed by atoms with Gasteiger partial charge < -0.3 is 4.74 Å². The molecule has 0 aromatic rings. The van der Waals surface area contributed by atoms with E-state index in [1.165, 1.54) is 0 Å². The highest BCUT2D eigenvalue weighted by Gasteiger charge is 1.95. The summed E-state index contributed by atoms with van der Waals surface area (Å²) in [5, 5.41) is 0. The molecule has 0 heterocycles. The molecule has 47 valence electrons. The molecule has 0 unspecified atom stereocenters. The Balaban J connectivity index is 3.06. The van der Waals surface area contributed by atoms with Crippen molar-refractivity contribution in [3.63, 3.8) is 0 Å². The molecule has 0 atom stereocenters. The first-order valence-electron chi connectivity index (χ1n) is 2.76. The van der Waals surface area contributed by atoms with Crippen LogP contribution in [0.15, 0.2) is 0 Å². The molecular formula is C6H11O2. The molecule has 0 aliphatic carbocycles. The van der Waals surface area contributed by atoms with Crippen molar-refractivity contribution >= 4 is 5.97 Å². The Hall–Kier alpha value is -0.530. The quantitative estimate of drug-likeness (QED) is 0.516. The standard InChI is InChI=1S/C6H11O2/c1-3-5-6(7)8-4-2/h2-5H2,1H3. The van der Waals surface area contributed by atoms with Crippen LogP contribution in [0.3, 0.4) is 0 Å². The fraction of sp³-hybridized carbons (Fsp3) is 0.667. The van der Waals surface area contributed by atoms with Gasteiger partial charge in [-0.3, -0.25) is 4.79 Å². The Morgan fingerprint density at radius 1 is 1.75 bits per heavy atom. The topological polar surface area (TPSA) is 26.3 Å². The van der Waals surface area contributed by atoms with Crippen LogP contribution >= 0.6 is 0 Å². The van der Waals surface area contributed by atoms with Crippen molar-refractivity contribution in [3.05, 3.63) is 6.92 Å². The molecule has 0 saturated heterocycles. The third-order valence-electron chi connectivity index (χ3n) is 0.717. The van der Waals surface area contributed by atoms with E-state index in [2.05, 4.69) is 11.7 Å². The first-order chi connectivity index (χ1) is 3.81. The summed E-state index contributed by atoms with van der Waals surface area (Å²) >= 11 is 0. The van der Waals surface area contributed by atoms with Crippen molar-refractivity contribution in [2.24, 2.45) is 0 Å². The van der Waals surface area contributed by atoms with Crippen molar-refractivity contribution in [1.29, 1.82) is 0 Å². The van der Waals surface area contributed by atoms with Gasteiger partial charge in [-0.2, -0.15) is 0 Å². The van der Waals surface area contributed by atoms with E-state index in [1.807, 2.05) is 6.92 Å². The summed E-state index contributed by atoms with van der Waals surface area (Å²) in [6.45, 7) is 5.55. The average Bonchev–Trinajstić information content (AvgIpc) is 1.68. The molecule has 0 bridgehead atoms. The molecule has 1 radical (unpaired) electrons. The van der Waals surface area contributed by atoms with Gasteiger partial charge in [0.05, 0.1) is 6.61 Å². The van der Waals surface area contributed by atoms with E-state index in [-0.39, 0.29) is 12.6 Å². The van der Waals surface area contributed by atoms with Crippen LogP contribution in [-0.2, 0) is 9.53 Å². The predicted octanol–water partition coefficient (Wildman–Crippen LogP) is 1.16. The minimum atomic E-state index is -0.150. The lowest BCUT2D eigenvalue weighted by atomic mass is 10.3. The minimum absolute atomic E-state index is 0.150. The van der Waals surface area contributed by atoms with Crippen LogP contribution in [0, 0.1) is 6.92 Å². The molecule has 0 aliphatic rings. The number of carbonyl (C=O) groups is 1. The Morgan fingerprint density at radius 3 is 2.75 bits per heavy atom. The summed E-state index contributed by atoms with van der Waals surface area (Å²) < 4.78 is 4.53. The summed E-state index contributed by atoms with van der Waals surface area (Å²) in [4.78, 5) is 10.4. The van der Waals surface area contributed by atoms with Crippen molar-refractivity contribution in [3.8, 4) is 0 Å². The maximum Gasteiger partial charge on any atom is 0.305 e. The zero-order valence-corrected chi connectivity index (χ0v) is 5.14. The van der Waals surface area contributed by atoms with Crippen molar-refractivity contribution in [2.45, 2.75) is 19.8 Å². The third-order valence-corrected chi connectivity index (χ3v) is 0.717. The number of esters is 1. The summed E-state index contributed by atoms with van der Waals surface area (Å²) in [5.74, 6) is -0.150. The number of ether oxygens (including phenoxy) is 1. The van der Waals surface area contributed by atoms with Gasteiger partial charge in [-0.1, -0.05) is 6.92 Å². The summed E-state index contributed by atoms with van der Waals surface area (Å²) in [7, 11) is 0. The van der Waals surface area contributed by atoms with E-state index in [0.717, 1.165) is 6.42 Å². The van der Waals surface area contributed by atoms with Crippen molar-refractivity contribution in [1.82, 2.24) is 0 Å². The fourth-order valence-corrected chi connectivity index (χ4v) is 0.390. The van der Waals surface area contributed by atoms with Crippen molar-refractivity contribution < 1.29 is 9.53 Å². The van der Waals surface area contributed by atoms with E-state index in [1.54, 1.807) is 0 Å². The fourth-order valence-electron chi connectivity index (χ4n) is 0.390. The highest BCUT2D eigenvalue weighted by atomic mass is 16.5. The van der Waals surface area contributed by atoms with E-state index in [9.17, 15) is 4.79 Å². The van der Waals surface area contributed by atoms with E-state index in [0.29, 0.717) is 6.42 Å². The Bertz CT molecular complexity index is 60.9. The van der Waals surface area contributed by atoms with Crippen LogP contribution in [0.2, 0.25) is 0 Å². The monoisotopic (exact) mass is 115 g/mol. The van der Waals surface area contributed by atoms with E-state index < -0.39 is 0 Å². The van der Waals surface area contributed by atoms with Gasteiger partial charge in [0.15, 0.2) is 0 Å². The molecule has 0 amide bonds. The number of carbonyl (C=O) groups excluding carboxylic acids is 1. The molecule has 2 heteroatoms. The molecule has 0 aromatic heterocycles.